The highest BCUT2D eigenvalue weighted by molar-refractivity contribution is 5.85. The van der Waals surface area contributed by atoms with Crippen molar-refractivity contribution in [3.05, 3.63) is 35.9 Å². The summed E-state index contributed by atoms with van der Waals surface area (Å²) in [6, 6.07) is 7.37. The molecule has 0 saturated carbocycles. The Morgan fingerprint density at radius 3 is 1.77 bits per heavy atom. The van der Waals surface area contributed by atoms with Crippen LogP contribution in [0.1, 0.15) is 19.4 Å². The zero-order valence-corrected chi connectivity index (χ0v) is 11.4. The molecule has 0 bridgehead atoms. The van der Waals surface area contributed by atoms with Crippen LogP contribution in [0.15, 0.2) is 30.3 Å². The van der Waals surface area contributed by atoms with E-state index >= 15 is 0 Å². The van der Waals surface area contributed by atoms with E-state index in [-0.39, 0.29) is 5.56 Å². The highest BCUT2D eigenvalue weighted by Gasteiger charge is 2.76. The second kappa shape index (κ2) is 5.44. The van der Waals surface area contributed by atoms with E-state index in [0.29, 0.717) is 0 Å². The van der Waals surface area contributed by atoms with Gasteiger partial charge in [-0.3, -0.25) is 4.79 Å². The minimum absolute atomic E-state index is 0.259. The number of hydrogen-bond donors (Lipinski definition) is 1. The number of rotatable bonds is 4. The lowest BCUT2D eigenvalue weighted by molar-refractivity contribution is -0.344. The molecule has 0 radical (unpaired) electrons. The van der Waals surface area contributed by atoms with E-state index in [0.717, 1.165) is 0 Å². The van der Waals surface area contributed by atoms with Crippen LogP contribution in [0.3, 0.4) is 0 Å². The van der Waals surface area contributed by atoms with Crippen LogP contribution in [0.5, 0.6) is 0 Å². The number of nitrogens with one attached hydrogen (secondary N) is 1. The van der Waals surface area contributed by atoms with Gasteiger partial charge in [-0.05, 0) is 19.4 Å². The fourth-order valence-electron chi connectivity index (χ4n) is 1.61. The van der Waals surface area contributed by atoms with Gasteiger partial charge in [0.1, 0.15) is 0 Å². The summed E-state index contributed by atoms with van der Waals surface area (Å²) in [5, 5.41) is 1.52. The van der Waals surface area contributed by atoms with Crippen LogP contribution in [-0.4, -0.2) is 23.9 Å². The smallest absolute Gasteiger partial charge is 0.342 e. The largest absolute Gasteiger partial charge is 0.460 e. The second-order valence-electron chi connectivity index (χ2n) is 5.09. The Balaban J connectivity index is 3.06. The summed E-state index contributed by atoms with van der Waals surface area (Å²) >= 11 is 0. The zero-order valence-electron chi connectivity index (χ0n) is 11.4. The van der Waals surface area contributed by atoms with Gasteiger partial charge in [0.15, 0.2) is 0 Å². The lowest BCUT2D eigenvalue weighted by atomic mass is 9.93. The molecular weight excluding hydrogens is 319 g/mol. The second-order valence-corrected chi connectivity index (χ2v) is 5.09. The summed E-state index contributed by atoms with van der Waals surface area (Å²) in [5.41, 5.74) is -1.31. The first kappa shape index (κ1) is 18.2. The molecule has 0 fully saturated rings. The quantitative estimate of drug-likeness (QED) is 0.834. The van der Waals surface area contributed by atoms with Crippen LogP contribution in [0, 0.1) is 0 Å². The van der Waals surface area contributed by atoms with E-state index in [1.807, 2.05) is 0 Å². The van der Waals surface area contributed by atoms with Gasteiger partial charge in [-0.2, -0.15) is 30.7 Å². The number of carbonyl (C=O) groups excluding carboxylic acids is 1. The third-order valence-electron chi connectivity index (χ3n) is 2.96. The monoisotopic (exact) mass is 331 g/mol. The molecule has 1 aromatic carbocycles. The zero-order chi connectivity index (χ0) is 17.4. The summed E-state index contributed by atoms with van der Waals surface area (Å²) in [7, 11) is 0. The Morgan fingerprint density at radius 2 is 1.36 bits per heavy atom. The predicted octanol–water partition coefficient (Wildman–Crippen LogP) is 3.87. The molecule has 0 aliphatic carbocycles. The van der Waals surface area contributed by atoms with Crippen molar-refractivity contribution in [3.8, 4) is 0 Å². The molecule has 2 nitrogen and oxygen atoms in total. The van der Waals surface area contributed by atoms with Crippen LogP contribution in [0.25, 0.3) is 0 Å². The standard InChI is InChI=1S/C13H12F7NO/c1-10(2,8-6-4-3-5-7-8)21-9(22)11(14,15)12(16,17)13(18,19)20/h3-7H,1-2H3,(H,21,22). The van der Waals surface area contributed by atoms with Gasteiger partial charge in [0.25, 0.3) is 5.91 Å². The molecule has 1 amide bonds. The Morgan fingerprint density at radius 1 is 0.909 bits per heavy atom. The average Bonchev–Trinajstić information content (AvgIpc) is 2.37. The molecule has 9 heteroatoms. The number of amides is 1. The number of halogens is 7. The maximum atomic E-state index is 13.3. The van der Waals surface area contributed by atoms with Crippen molar-refractivity contribution in [2.45, 2.75) is 37.4 Å². The van der Waals surface area contributed by atoms with E-state index in [9.17, 15) is 35.5 Å². The van der Waals surface area contributed by atoms with Crippen molar-refractivity contribution in [3.63, 3.8) is 0 Å². The molecule has 1 rings (SSSR count). The van der Waals surface area contributed by atoms with Gasteiger partial charge >= 0.3 is 18.0 Å². The lowest BCUT2D eigenvalue weighted by Gasteiger charge is -2.32. The molecule has 0 aliphatic rings. The van der Waals surface area contributed by atoms with Crippen molar-refractivity contribution in [1.82, 2.24) is 5.32 Å². The molecule has 0 unspecified atom stereocenters. The molecule has 124 valence electrons. The Kier molecular flexibility index (Phi) is 4.51. The predicted molar refractivity (Wildman–Crippen MR) is 63.6 cm³/mol. The lowest BCUT2D eigenvalue weighted by Crippen LogP contribution is -2.61. The summed E-state index contributed by atoms with van der Waals surface area (Å²) in [6.07, 6.45) is -6.55. The summed E-state index contributed by atoms with van der Waals surface area (Å²) in [4.78, 5) is 11.3. The maximum absolute atomic E-state index is 13.3. The van der Waals surface area contributed by atoms with Crippen molar-refractivity contribution in [1.29, 1.82) is 0 Å². The van der Waals surface area contributed by atoms with Gasteiger partial charge in [0.2, 0.25) is 0 Å². The SMILES string of the molecule is CC(C)(NC(=O)C(F)(F)C(F)(F)C(F)(F)F)c1ccccc1. The molecule has 0 saturated heterocycles. The number of benzene rings is 1. The average molecular weight is 331 g/mol. The van der Waals surface area contributed by atoms with Gasteiger partial charge < -0.3 is 5.32 Å². The van der Waals surface area contributed by atoms with Crippen LogP contribution >= 0.6 is 0 Å². The Labute approximate surface area is 121 Å². The van der Waals surface area contributed by atoms with E-state index in [4.69, 9.17) is 0 Å². The normalized spacial score (nSPS) is 13.9. The Bertz CT molecular complexity index is 537. The van der Waals surface area contributed by atoms with E-state index in [1.165, 1.54) is 43.4 Å². The highest BCUT2D eigenvalue weighted by Crippen LogP contribution is 2.46. The first-order valence-corrected chi connectivity index (χ1v) is 5.94. The van der Waals surface area contributed by atoms with Gasteiger partial charge in [-0.1, -0.05) is 30.3 Å². The number of hydrogen-bond acceptors (Lipinski definition) is 1. The van der Waals surface area contributed by atoms with Crippen LogP contribution in [0.4, 0.5) is 30.7 Å². The van der Waals surface area contributed by atoms with Crippen molar-refractivity contribution in [2.75, 3.05) is 0 Å². The summed E-state index contributed by atoms with van der Waals surface area (Å²) in [6.45, 7) is 2.39. The first-order chi connectivity index (χ1) is 9.73. The fraction of sp³-hybridized carbons (Fsp3) is 0.462. The number of carbonyl (C=O) groups is 1. The molecular formula is C13H12F7NO. The first-order valence-electron chi connectivity index (χ1n) is 5.94. The minimum Gasteiger partial charge on any atom is -0.342 e. The van der Waals surface area contributed by atoms with Crippen molar-refractivity contribution >= 4 is 5.91 Å². The third-order valence-corrected chi connectivity index (χ3v) is 2.96. The van der Waals surface area contributed by atoms with Gasteiger partial charge in [-0.25, -0.2) is 0 Å². The van der Waals surface area contributed by atoms with Gasteiger partial charge in [-0.15, -0.1) is 0 Å². The third kappa shape index (κ3) is 3.17. The molecule has 0 aliphatic heterocycles. The van der Waals surface area contributed by atoms with E-state index in [1.54, 1.807) is 6.07 Å². The van der Waals surface area contributed by atoms with Crippen LogP contribution in [-0.2, 0) is 10.3 Å². The van der Waals surface area contributed by atoms with Gasteiger partial charge in [0.05, 0.1) is 5.54 Å². The summed E-state index contributed by atoms with van der Waals surface area (Å²) < 4.78 is 88.2. The molecule has 22 heavy (non-hydrogen) atoms. The molecule has 0 aromatic heterocycles. The van der Waals surface area contributed by atoms with Crippen LogP contribution < -0.4 is 5.32 Å². The molecule has 0 atom stereocenters. The van der Waals surface area contributed by atoms with E-state index in [2.05, 4.69) is 0 Å². The molecule has 1 aromatic rings. The van der Waals surface area contributed by atoms with Crippen molar-refractivity contribution in [2.24, 2.45) is 0 Å². The topological polar surface area (TPSA) is 29.1 Å². The van der Waals surface area contributed by atoms with Crippen LogP contribution in [0.2, 0.25) is 0 Å². The molecule has 0 heterocycles. The summed E-state index contributed by atoms with van der Waals surface area (Å²) in [5.74, 6) is -15.1. The maximum Gasteiger partial charge on any atom is 0.460 e. The molecule has 0 spiro atoms. The highest BCUT2D eigenvalue weighted by atomic mass is 19.4. The minimum atomic E-state index is -6.55. The fourth-order valence-corrected chi connectivity index (χ4v) is 1.61. The number of alkyl halides is 7. The van der Waals surface area contributed by atoms with Gasteiger partial charge in [0, 0.05) is 0 Å². The van der Waals surface area contributed by atoms with E-state index < -0.39 is 29.5 Å². The Hall–Kier alpha value is -1.80. The molecule has 1 N–H and O–H groups in total. The van der Waals surface area contributed by atoms with Crippen molar-refractivity contribution < 1.29 is 35.5 Å².